The Kier molecular flexibility index (Phi) is 3.14. The third-order valence-electron chi connectivity index (χ3n) is 2.90. The van der Waals surface area contributed by atoms with Crippen LogP contribution in [0.2, 0.25) is 0 Å². The highest BCUT2D eigenvalue weighted by Crippen LogP contribution is 2.33. The van der Waals surface area contributed by atoms with Crippen molar-refractivity contribution in [1.29, 1.82) is 0 Å². The topological polar surface area (TPSA) is 94.3 Å². The van der Waals surface area contributed by atoms with Crippen LogP contribution in [0.3, 0.4) is 0 Å². The van der Waals surface area contributed by atoms with Crippen molar-refractivity contribution >= 4 is 11.5 Å². The zero-order valence-electron chi connectivity index (χ0n) is 9.51. The number of pyridine rings is 1. The molecule has 88 valence electrons. The molecule has 1 aromatic rings. The number of hydrogen-bond donors (Lipinski definition) is 1. The SMILES string of the molecule is CC1(C)CCN1c1ccc([N+](=O)[O-])cn1.N. The summed E-state index contributed by atoms with van der Waals surface area (Å²) in [6, 6.07) is 3.20. The van der Waals surface area contributed by atoms with Gasteiger partial charge in [-0.1, -0.05) is 0 Å². The van der Waals surface area contributed by atoms with Crippen molar-refractivity contribution in [1.82, 2.24) is 11.1 Å². The molecule has 0 atom stereocenters. The Hall–Kier alpha value is -1.69. The molecule has 0 unspecified atom stereocenters. The van der Waals surface area contributed by atoms with Gasteiger partial charge in [0.25, 0.3) is 5.69 Å². The summed E-state index contributed by atoms with van der Waals surface area (Å²) < 4.78 is 0. The van der Waals surface area contributed by atoms with Crippen LogP contribution in [-0.4, -0.2) is 22.0 Å². The molecule has 0 aromatic carbocycles. The summed E-state index contributed by atoms with van der Waals surface area (Å²) in [6.07, 6.45) is 2.44. The van der Waals surface area contributed by atoms with E-state index in [1.807, 2.05) is 0 Å². The minimum atomic E-state index is -0.433. The Morgan fingerprint density at radius 2 is 2.19 bits per heavy atom. The summed E-state index contributed by atoms with van der Waals surface area (Å²) in [5.74, 6) is 0.817. The van der Waals surface area contributed by atoms with E-state index < -0.39 is 4.92 Å². The van der Waals surface area contributed by atoms with Crippen LogP contribution in [0.15, 0.2) is 18.3 Å². The van der Waals surface area contributed by atoms with Crippen molar-refractivity contribution in [3.05, 3.63) is 28.4 Å². The van der Waals surface area contributed by atoms with Crippen molar-refractivity contribution in [3.8, 4) is 0 Å². The van der Waals surface area contributed by atoms with Crippen LogP contribution in [0.4, 0.5) is 11.5 Å². The largest absolute Gasteiger partial charge is 0.351 e. The van der Waals surface area contributed by atoms with Crippen molar-refractivity contribution in [3.63, 3.8) is 0 Å². The molecule has 1 saturated heterocycles. The maximum atomic E-state index is 10.4. The van der Waals surface area contributed by atoms with E-state index in [0.717, 1.165) is 18.8 Å². The normalized spacial score (nSPS) is 17.2. The van der Waals surface area contributed by atoms with Gasteiger partial charge in [0.1, 0.15) is 12.0 Å². The maximum absolute atomic E-state index is 10.4. The monoisotopic (exact) mass is 224 g/mol. The quantitative estimate of drug-likeness (QED) is 0.613. The molecule has 1 aromatic heterocycles. The lowest BCUT2D eigenvalue weighted by Crippen LogP contribution is -2.56. The Labute approximate surface area is 94.0 Å². The summed E-state index contributed by atoms with van der Waals surface area (Å²) in [4.78, 5) is 16.3. The van der Waals surface area contributed by atoms with Crippen LogP contribution in [0, 0.1) is 10.1 Å². The molecule has 2 rings (SSSR count). The van der Waals surface area contributed by atoms with Crippen LogP contribution >= 0.6 is 0 Å². The lowest BCUT2D eigenvalue weighted by atomic mass is 9.89. The summed E-state index contributed by atoms with van der Waals surface area (Å²) >= 11 is 0. The van der Waals surface area contributed by atoms with E-state index in [9.17, 15) is 10.1 Å². The molecule has 1 fully saturated rings. The highest BCUT2D eigenvalue weighted by molar-refractivity contribution is 5.47. The van der Waals surface area contributed by atoms with E-state index >= 15 is 0 Å². The van der Waals surface area contributed by atoms with E-state index in [1.165, 1.54) is 12.3 Å². The molecule has 1 aliphatic heterocycles. The number of anilines is 1. The number of aromatic nitrogens is 1. The van der Waals surface area contributed by atoms with E-state index in [1.54, 1.807) is 6.07 Å². The second-order valence-electron chi connectivity index (χ2n) is 4.35. The fraction of sp³-hybridized carbons (Fsp3) is 0.500. The van der Waals surface area contributed by atoms with Crippen molar-refractivity contribution in [2.45, 2.75) is 25.8 Å². The molecule has 6 heteroatoms. The van der Waals surface area contributed by atoms with Gasteiger partial charge in [-0.2, -0.15) is 0 Å². The van der Waals surface area contributed by atoms with E-state index in [0.29, 0.717) is 0 Å². The Morgan fingerprint density at radius 3 is 2.50 bits per heavy atom. The summed E-state index contributed by atoms with van der Waals surface area (Å²) in [6.45, 7) is 5.25. The van der Waals surface area contributed by atoms with Gasteiger partial charge in [0, 0.05) is 18.2 Å². The van der Waals surface area contributed by atoms with Gasteiger partial charge in [-0.25, -0.2) is 4.98 Å². The zero-order valence-corrected chi connectivity index (χ0v) is 9.51. The summed E-state index contributed by atoms with van der Waals surface area (Å²) in [7, 11) is 0. The van der Waals surface area contributed by atoms with Crippen LogP contribution in [0.1, 0.15) is 20.3 Å². The van der Waals surface area contributed by atoms with Gasteiger partial charge in [-0.05, 0) is 26.3 Å². The number of hydrogen-bond acceptors (Lipinski definition) is 5. The molecule has 0 bridgehead atoms. The Bertz CT molecular complexity index is 388. The molecule has 0 radical (unpaired) electrons. The van der Waals surface area contributed by atoms with Crippen LogP contribution in [0.5, 0.6) is 0 Å². The molecule has 6 nitrogen and oxygen atoms in total. The van der Waals surface area contributed by atoms with Gasteiger partial charge >= 0.3 is 0 Å². The Morgan fingerprint density at radius 1 is 1.50 bits per heavy atom. The van der Waals surface area contributed by atoms with E-state index in [2.05, 4.69) is 23.7 Å². The third kappa shape index (κ3) is 1.96. The second-order valence-corrected chi connectivity index (χ2v) is 4.35. The number of rotatable bonds is 2. The second kappa shape index (κ2) is 4.05. The maximum Gasteiger partial charge on any atom is 0.287 e. The van der Waals surface area contributed by atoms with Crippen molar-refractivity contribution < 1.29 is 4.92 Å². The van der Waals surface area contributed by atoms with Crippen LogP contribution < -0.4 is 11.1 Å². The average molecular weight is 224 g/mol. The highest BCUT2D eigenvalue weighted by Gasteiger charge is 2.36. The number of nitrogens with zero attached hydrogens (tertiary/aromatic N) is 3. The van der Waals surface area contributed by atoms with E-state index in [4.69, 9.17) is 0 Å². The molecule has 3 N–H and O–H groups in total. The first kappa shape index (κ1) is 12.4. The fourth-order valence-corrected chi connectivity index (χ4v) is 1.74. The van der Waals surface area contributed by atoms with Gasteiger partial charge in [0.05, 0.1) is 4.92 Å². The first-order valence-electron chi connectivity index (χ1n) is 4.89. The highest BCUT2D eigenvalue weighted by atomic mass is 16.6. The predicted octanol–water partition coefficient (Wildman–Crippen LogP) is 2.14. The van der Waals surface area contributed by atoms with Gasteiger partial charge in [-0.3, -0.25) is 10.1 Å². The van der Waals surface area contributed by atoms with E-state index in [-0.39, 0.29) is 17.4 Å². The molecular weight excluding hydrogens is 208 g/mol. The van der Waals surface area contributed by atoms with Crippen LogP contribution in [0.25, 0.3) is 0 Å². The standard InChI is InChI=1S/C10H13N3O2.H3N/c1-10(2)5-6-12(10)9-4-3-8(7-11-9)13(14)15;/h3-4,7H,5-6H2,1-2H3;1H3. The van der Waals surface area contributed by atoms with Gasteiger partial charge in [0.15, 0.2) is 0 Å². The zero-order chi connectivity index (χ0) is 11.1. The molecule has 2 heterocycles. The molecular formula is C10H16N4O2. The van der Waals surface area contributed by atoms with Crippen molar-refractivity contribution in [2.75, 3.05) is 11.4 Å². The molecule has 0 amide bonds. The van der Waals surface area contributed by atoms with Gasteiger partial charge in [0.2, 0.25) is 0 Å². The molecule has 0 spiro atoms. The lowest BCUT2D eigenvalue weighted by molar-refractivity contribution is -0.385. The minimum Gasteiger partial charge on any atom is -0.351 e. The smallest absolute Gasteiger partial charge is 0.287 e. The third-order valence-corrected chi connectivity index (χ3v) is 2.90. The average Bonchev–Trinajstić information content (AvgIpc) is 2.17. The molecule has 0 saturated carbocycles. The molecule has 16 heavy (non-hydrogen) atoms. The minimum absolute atomic E-state index is 0. The molecule has 0 aliphatic carbocycles. The van der Waals surface area contributed by atoms with Gasteiger partial charge < -0.3 is 11.1 Å². The lowest BCUT2D eigenvalue weighted by Gasteiger charge is -2.49. The van der Waals surface area contributed by atoms with Crippen molar-refractivity contribution in [2.24, 2.45) is 0 Å². The van der Waals surface area contributed by atoms with Gasteiger partial charge in [-0.15, -0.1) is 0 Å². The summed E-state index contributed by atoms with van der Waals surface area (Å²) in [5.41, 5.74) is 0.167. The molecule has 1 aliphatic rings. The first-order valence-corrected chi connectivity index (χ1v) is 4.89. The summed E-state index contributed by atoms with van der Waals surface area (Å²) in [5, 5.41) is 10.4. The Balaban J connectivity index is 0.00000128. The number of nitro groups is 1. The fourth-order valence-electron chi connectivity index (χ4n) is 1.74. The van der Waals surface area contributed by atoms with Crippen LogP contribution in [-0.2, 0) is 0 Å². The predicted molar refractivity (Wildman–Crippen MR) is 62.0 cm³/mol. The first-order chi connectivity index (χ1) is 7.00.